The summed E-state index contributed by atoms with van der Waals surface area (Å²) < 4.78 is 2.32. The van der Waals surface area contributed by atoms with Gasteiger partial charge in [0, 0.05) is 30.5 Å². The molecule has 20 heavy (non-hydrogen) atoms. The normalized spacial score (nSPS) is 12.4. The number of aromatic nitrogens is 1. The third kappa shape index (κ3) is 6.25. The molecule has 1 rings (SSSR count). The topological polar surface area (TPSA) is 40.8 Å². The molecule has 1 aromatic rings. The second kappa shape index (κ2) is 6.95. The first kappa shape index (κ1) is 16.8. The van der Waals surface area contributed by atoms with Gasteiger partial charge in [0.2, 0.25) is 0 Å². The summed E-state index contributed by atoms with van der Waals surface area (Å²) in [6, 6.07) is 6.66. The average molecular weight is 275 g/mol. The van der Waals surface area contributed by atoms with Crippen molar-refractivity contribution >= 4 is 0 Å². The maximum absolute atomic E-state index is 9.00. The lowest BCUT2D eigenvalue weighted by Gasteiger charge is -2.21. The van der Waals surface area contributed by atoms with Crippen molar-refractivity contribution in [3.63, 3.8) is 0 Å². The Kier molecular flexibility index (Phi) is 5.83. The fraction of sp³-hybridized carbons (Fsp3) is 0.706. The number of unbranched alkanes of at least 4 members (excludes halogenated alkanes) is 1. The molecule has 0 radical (unpaired) electrons. The lowest BCUT2D eigenvalue weighted by molar-refractivity contribution is 0.403. The molecule has 0 saturated heterocycles. The minimum absolute atomic E-state index is 0.145. The van der Waals surface area contributed by atoms with Gasteiger partial charge < -0.3 is 9.88 Å². The van der Waals surface area contributed by atoms with Crippen LogP contribution < -0.4 is 5.32 Å². The molecular weight excluding hydrogens is 246 g/mol. The highest BCUT2D eigenvalue weighted by Gasteiger charge is 2.15. The van der Waals surface area contributed by atoms with Gasteiger partial charge in [-0.25, -0.2) is 0 Å². The van der Waals surface area contributed by atoms with Gasteiger partial charge >= 0.3 is 0 Å². The molecule has 1 N–H and O–H groups in total. The molecule has 0 aromatic carbocycles. The number of aryl methyl sites for hydroxylation is 1. The maximum Gasteiger partial charge on any atom is 0.0683 e. The second-order valence-electron chi connectivity index (χ2n) is 7.25. The third-order valence-electron chi connectivity index (χ3n) is 3.48. The number of hydrogen-bond donors (Lipinski definition) is 1. The van der Waals surface area contributed by atoms with Gasteiger partial charge in [-0.1, -0.05) is 6.42 Å². The zero-order chi connectivity index (χ0) is 15.2. The number of rotatable bonds is 7. The summed E-state index contributed by atoms with van der Waals surface area (Å²) in [7, 11) is 0. The van der Waals surface area contributed by atoms with Crippen molar-refractivity contribution in [1.82, 2.24) is 9.88 Å². The largest absolute Gasteiger partial charge is 0.350 e. The molecule has 0 aliphatic heterocycles. The number of hydrogen-bond acceptors (Lipinski definition) is 2. The van der Waals surface area contributed by atoms with Crippen LogP contribution in [0, 0.1) is 16.7 Å². The number of nitriles is 1. The van der Waals surface area contributed by atoms with Crippen LogP contribution >= 0.6 is 0 Å². The van der Waals surface area contributed by atoms with Gasteiger partial charge in [0.15, 0.2) is 0 Å². The monoisotopic (exact) mass is 275 g/mol. The average Bonchev–Trinajstić information content (AvgIpc) is 2.79. The van der Waals surface area contributed by atoms with Gasteiger partial charge in [0.1, 0.15) is 0 Å². The van der Waals surface area contributed by atoms with Crippen molar-refractivity contribution in [2.45, 2.75) is 72.5 Å². The van der Waals surface area contributed by atoms with Crippen LogP contribution in [0.15, 0.2) is 18.3 Å². The molecule has 1 aromatic heterocycles. The SMILES string of the molecule is CC(C)(C#N)CCCCn1cccc1CNC(C)(C)C. The van der Waals surface area contributed by atoms with E-state index in [9.17, 15) is 0 Å². The van der Waals surface area contributed by atoms with E-state index in [0.717, 1.165) is 32.4 Å². The molecule has 0 aliphatic rings. The molecule has 0 saturated carbocycles. The van der Waals surface area contributed by atoms with Gasteiger partial charge in [-0.15, -0.1) is 0 Å². The van der Waals surface area contributed by atoms with Gasteiger partial charge in [-0.3, -0.25) is 0 Å². The van der Waals surface area contributed by atoms with Gasteiger partial charge in [0.25, 0.3) is 0 Å². The van der Waals surface area contributed by atoms with E-state index in [-0.39, 0.29) is 11.0 Å². The Hall–Kier alpha value is -1.27. The Morgan fingerprint density at radius 1 is 1.20 bits per heavy atom. The summed E-state index contributed by atoms with van der Waals surface area (Å²) in [4.78, 5) is 0. The summed E-state index contributed by atoms with van der Waals surface area (Å²) in [5.74, 6) is 0. The van der Waals surface area contributed by atoms with Crippen LogP contribution in [-0.2, 0) is 13.1 Å². The van der Waals surface area contributed by atoms with Crippen LogP contribution in [0.2, 0.25) is 0 Å². The third-order valence-corrected chi connectivity index (χ3v) is 3.48. The Bertz CT molecular complexity index is 444. The minimum atomic E-state index is -0.187. The van der Waals surface area contributed by atoms with E-state index in [4.69, 9.17) is 5.26 Å². The van der Waals surface area contributed by atoms with Crippen molar-refractivity contribution in [1.29, 1.82) is 5.26 Å². The Labute approximate surface area is 124 Å². The molecule has 0 aliphatic carbocycles. The lowest BCUT2D eigenvalue weighted by atomic mass is 9.89. The van der Waals surface area contributed by atoms with Crippen molar-refractivity contribution in [2.75, 3.05) is 0 Å². The highest BCUT2D eigenvalue weighted by molar-refractivity contribution is 5.07. The zero-order valence-corrected chi connectivity index (χ0v) is 13.7. The quantitative estimate of drug-likeness (QED) is 0.761. The molecule has 3 nitrogen and oxygen atoms in total. The van der Waals surface area contributed by atoms with E-state index in [1.54, 1.807) is 0 Å². The molecule has 1 heterocycles. The van der Waals surface area contributed by atoms with E-state index in [1.807, 2.05) is 13.8 Å². The fourth-order valence-electron chi connectivity index (χ4n) is 2.09. The second-order valence-corrected chi connectivity index (χ2v) is 7.25. The Morgan fingerprint density at radius 2 is 1.90 bits per heavy atom. The Morgan fingerprint density at radius 3 is 2.50 bits per heavy atom. The van der Waals surface area contributed by atoms with Crippen LogP contribution in [0.1, 0.15) is 59.6 Å². The van der Waals surface area contributed by atoms with Crippen molar-refractivity contribution in [2.24, 2.45) is 5.41 Å². The predicted octanol–water partition coefficient (Wildman–Crippen LogP) is 4.10. The highest BCUT2D eigenvalue weighted by Crippen LogP contribution is 2.22. The van der Waals surface area contributed by atoms with Crippen LogP contribution in [-0.4, -0.2) is 10.1 Å². The fourth-order valence-corrected chi connectivity index (χ4v) is 2.09. The minimum Gasteiger partial charge on any atom is -0.350 e. The molecule has 112 valence electrons. The molecular formula is C17H29N3. The predicted molar refractivity (Wildman–Crippen MR) is 84.3 cm³/mol. The summed E-state index contributed by atoms with van der Waals surface area (Å²) in [6.45, 7) is 12.5. The summed E-state index contributed by atoms with van der Waals surface area (Å²) in [5, 5.41) is 12.5. The maximum atomic E-state index is 9.00. The van der Waals surface area contributed by atoms with E-state index in [2.05, 4.69) is 55.1 Å². The van der Waals surface area contributed by atoms with E-state index in [0.29, 0.717) is 0 Å². The van der Waals surface area contributed by atoms with Crippen molar-refractivity contribution in [3.8, 4) is 6.07 Å². The molecule has 3 heteroatoms. The van der Waals surface area contributed by atoms with Crippen molar-refractivity contribution < 1.29 is 0 Å². The van der Waals surface area contributed by atoms with Crippen molar-refractivity contribution in [3.05, 3.63) is 24.0 Å². The standard InChI is InChI=1S/C17H29N3/c1-16(2,3)19-13-15-9-8-12-20(15)11-7-6-10-17(4,5)14-18/h8-9,12,19H,6-7,10-11,13H2,1-5H3. The number of nitrogens with zero attached hydrogens (tertiary/aromatic N) is 2. The van der Waals surface area contributed by atoms with Crippen LogP contribution in [0.4, 0.5) is 0 Å². The smallest absolute Gasteiger partial charge is 0.0683 e. The molecule has 0 unspecified atom stereocenters. The van der Waals surface area contributed by atoms with Gasteiger partial charge in [0.05, 0.1) is 11.5 Å². The summed E-state index contributed by atoms with van der Waals surface area (Å²) in [5.41, 5.74) is 1.29. The first-order chi connectivity index (χ1) is 9.23. The van der Waals surface area contributed by atoms with E-state index in [1.165, 1.54) is 5.69 Å². The van der Waals surface area contributed by atoms with Crippen LogP contribution in [0.3, 0.4) is 0 Å². The molecule has 0 spiro atoms. The molecule has 0 bridgehead atoms. The van der Waals surface area contributed by atoms with Gasteiger partial charge in [-0.05, 0) is 59.6 Å². The first-order valence-corrected chi connectivity index (χ1v) is 7.54. The zero-order valence-electron chi connectivity index (χ0n) is 13.7. The van der Waals surface area contributed by atoms with Crippen LogP contribution in [0.25, 0.3) is 0 Å². The molecule has 0 atom stereocenters. The van der Waals surface area contributed by atoms with Crippen LogP contribution in [0.5, 0.6) is 0 Å². The van der Waals surface area contributed by atoms with E-state index < -0.39 is 0 Å². The molecule has 0 amide bonds. The van der Waals surface area contributed by atoms with Gasteiger partial charge in [-0.2, -0.15) is 5.26 Å². The summed E-state index contributed by atoms with van der Waals surface area (Å²) >= 11 is 0. The Balaban J connectivity index is 2.38. The summed E-state index contributed by atoms with van der Waals surface area (Å²) in [6.07, 6.45) is 5.35. The van der Waals surface area contributed by atoms with E-state index >= 15 is 0 Å². The highest BCUT2D eigenvalue weighted by atomic mass is 15.0. The first-order valence-electron chi connectivity index (χ1n) is 7.54. The lowest BCUT2D eigenvalue weighted by Crippen LogP contribution is -2.35. The number of nitrogens with one attached hydrogen (secondary N) is 1. The molecule has 0 fully saturated rings.